The molecule has 1 saturated heterocycles. The summed E-state index contributed by atoms with van der Waals surface area (Å²) in [6, 6.07) is 6.90. The number of aromatic nitrogens is 2. The quantitative estimate of drug-likeness (QED) is 0.386. The monoisotopic (exact) mass is 500 g/mol. The maximum Gasteiger partial charge on any atom is 0.225 e. The highest BCUT2D eigenvalue weighted by Crippen LogP contribution is 2.13. The number of rotatable bonds is 5. The third-order valence-electron chi connectivity index (χ3n) is 4.49. The zero-order chi connectivity index (χ0) is 19.1. The van der Waals surface area contributed by atoms with E-state index in [0.717, 1.165) is 43.7 Å². The van der Waals surface area contributed by atoms with Crippen molar-refractivity contribution in [2.75, 3.05) is 45.2 Å². The van der Waals surface area contributed by atoms with E-state index in [9.17, 15) is 4.39 Å². The highest BCUT2D eigenvalue weighted by Gasteiger charge is 2.21. The molecule has 152 valence electrons. The summed E-state index contributed by atoms with van der Waals surface area (Å²) in [5.74, 6) is 1.35. The topological polar surface area (TPSA) is 65.9 Å². The van der Waals surface area contributed by atoms with E-state index in [-0.39, 0.29) is 36.4 Å². The second kappa shape index (κ2) is 11.1. The normalized spacial score (nSPS) is 14.6. The van der Waals surface area contributed by atoms with Crippen LogP contribution in [0.15, 0.2) is 41.7 Å². The Hall–Kier alpha value is -2.01. The molecule has 0 bridgehead atoms. The van der Waals surface area contributed by atoms with Crippen LogP contribution in [0.5, 0.6) is 0 Å². The maximum absolute atomic E-state index is 13.7. The summed E-state index contributed by atoms with van der Waals surface area (Å²) < 4.78 is 18.8. The lowest BCUT2D eigenvalue weighted by atomic mass is 10.1. The second-order valence-corrected chi connectivity index (χ2v) is 6.28. The van der Waals surface area contributed by atoms with Gasteiger partial charge in [0.15, 0.2) is 5.96 Å². The van der Waals surface area contributed by atoms with Crippen LogP contribution in [0.2, 0.25) is 0 Å². The minimum absolute atomic E-state index is 0. The highest BCUT2D eigenvalue weighted by molar-refractivity contribution is 14.0. The van der Waals surface area contributed by atoms with Crippen LogP contribution in [0.3, 0.4) is 0 Å². The van der Waals surface area contributed by atoms with Crippen molar-refractivity contribution in [2.45, 2.75) is 13.2 Å². The first-order valence-electron chi connectivity index (χ1n) is 8.95. The summed E-state index contributed by atoms with van der Waals surface area (Å²) >= 11 is 0. The number of nitrogens with zero attached hydrogens (tertiary/aromatic N) is 5. The van der Waals surface area contributed by atoms with Crippen LogP contribution in [0.1, 0.15) is 11.1 Å². The van der Waals surface area contributed by atoms with Crippen LogP contribution in [-0.2, 0) is 17.9 Å². The standard InChI is InChI=1S/C19H25FN6O.HI/c1-21-18(24-13-15-4-5-17(20)16(12-15)14-27-2)25-8-10-26(11-9-25)19-22-6-3-7-23-19;/h3-7,12H,8-11,13-14H2,1-2H3,(H,21,24);1H. The van der Waals surface area contributed by atoms with Gasteiger partial charge >= 0.3 is 0 Å². The highest BCUT2D eigenvalue weighted by atomic mass is 127. The number of ether oxygens (including phenoxy) is 1. The van der Waals surface area contributed by atoms with Crippen molar-refractivity contribution in [1.82, 2.24) is 20.2 Å². The third kappa shape index (κ3) is 5.74. The summed E-state index contributed by atoms with van der Waals surface area (Å²) in [6.07, 6.45) is 3.52. The predicted octanol–water partition coefficient (Wildman–Crippen LogP) is 2.28. The van der Waals surface area contributed by atoms with E-state index < -0.39 is 0 Å². The lowest BCUT2D eigenvalue weighted by molar-refractivity contribution is 0.181. The van der Waals surface area contributed by atoms with Crippen molar-refractivity contribution < 1.29 is 9.13 Å². The van der Waals surface area contributed by atoms with Gasteiger partial charge in [-0.15, -0.1) is 24.0 Å². The molecule has 1 fully saturated rings. The molecule has 3 rings (SSSR count). The van der Waals surface area contributed by atoms with Gasteiger partial charge in [0.25, 0.3) is 0 Å². The van der Waals surface area contributed by atoms with E-state index in [1.165, 1.54) is 6.07 Å². The molecule has 0 aliphatic carbocycles. The first-order valence-corrected chi connectivity index (χ1v) is 8.95. The minimum Gasteiger partial charge on any atom is -0.380 e. The number of benzene rings is 1. The molecule has 1 aliphatic rings. The van der Waals surface area contributed by atoms with Crippen molar-refractivity contribution in [2.24, 2.45) is 4.99 Å². The fraction of sp³-hybridized carbons (Fsp3) is 0.421. The minimum atomic E-state index is -0.246. The smallest absolute Gasteiger partial charge is 0.225 e. The molecule has 9 heteroatoms. The van der Waals surface area contributed by atoms with Crippen LogP contribution in [0, 0.1) is 5.82 Å². The fourth-order valence-corrected chi connectivity index (χ4v) is 3.09. The first-order chi connectivity index (χ1) is 13.2. The zero-order valence-corrected chi connectivity index (χ0v) is 18.5. The van der Waals surface area contributed by atoms with Crippen molar-refractivity contribution in [3.8, 4) is 0 Å². The molecule has 28 heavy (non-hydrogen) atoms. The first kappa shape index (κ1) is 22.3. The Bertz CT molecular complexity index is 768. The van der Waals surface area contributed by atoms with Crippen LogP contribution >= 0.6 is 24.0 Å². The summed E-state index contributed by atoms with van der Waals surface area (Å²) in [5, 5.41) is 3.36. The Morgan fingerprint density at radius 2 is 1.93 bits per heavy atom. The molecule has 0 amide bonds. The van der Waals surface area contributed by atoms with Crippen molar-refractivity contribution >= 4 is 35.9 Å². The zero-order valence-electron chi connectivity index (χ0n) is 16.1. The van der Waals surface area contributed by atoms with Gasteiger partial charge in [-0.05, 0) is 23.8 Å². The summed E-state index contributed by atoms with van der Waals surface area (Å²) in [6.45, 7) is 4.16. The van der Waals surface area contributed by atoms with Gasteiger partial charge in [0.2, 0.25) is 5.95 Å². The largest absolute Gasteiger partial charge is 0.380 e. The Morgan fingerprint density at radius 3 is 2.57 bits per heavy atom. The van der Waals surface area contributed by atoms with Crippen LogP contribution < -0.4 is 10.2 Å². The third-order valence-corrected chi connectivity index (χ3v) is 4.49. The van der Waals surface area contributed by atoms with E-state index in [2.05, 4.69) is 30.1 Å². The molecule has 0 spiro atoms. The molecular weight excluding hydrogens is 474 g/mol. The molecule has 0 unspecified atom stereocenters. The van der Waals surface area contributed by atoms with Crippen molar-refractivity contribution in [3.63, 3.8) is 0 Å². The Labute approximate surface area is 182 Å². The van der Waals surface area contributed by atoms with E-state index in [1.54, 1.807) is 32.6 Å². The SMILES string of the molecule is CN=C(NCc1ccc(F)c(COC)c1)N1CCN(c2ncccn2)CC1.I. The molecule has 2 heterocycles. The molecule has 7 nitrogen and oxygen atoms in total. The van der Waals surface area contributed by atoms with E-state index >= 15 is 0 Å². The molecule has 1 aliphatic heterocycles. The van der Waals surface area contributed by atoms with Gasteiger partial charge in [0.1, 0.15) is 5.82 Å². The molecule has 1 aromatic carbocycles. The van der Waals surface area contributed by atoms with E-state index in [4.69, 9.17) is 4.74 Å². The van der Waals surface area contributed by atoms with Crippen LogP contribution in [0.4, 0.5) is 10.3 Å². The lowest BCUT2D eigenvalue weighted by Gasteiger charge is -2.36. The molecule has 1 aromatic heterocycles. The van der Waals surface area contributed by atoms with Gasteiger partial charge < -0.3 is 19.9 Å². The molecule has 0 saturated carbocycles. The number of nitrogens with one attached hydrogen (secondary N) is 1. The molecule has 0 atom stereocenters. The predicted molar refractivity (Wildman–Crippen MR) is 119 cm³/mol. The van der Waals surface area contributed by atoms with Crippen LogP contribution in [-0.4, -0.2) is 61.2 Å². The summed E-state index contributed by atoms with van der Waals surface area (Å²) in [7, 11) is 3.34. The van der Waals surface area contributed by atoms with Gasteiger partial charge in [0, 0.05) is 64.8 Å². The van der Waals surface area contributed by atoms with Gasteiger partial charge in [0.05, 0.1) is 6.61 Å². The Balaban J connectivity index is 0.00000280. The average molecular weight is 500 g/mol. The van der Waals surface area contributed by atoms with Gasteiger partial charge in [-0.3, -0.25) is 4.99 Å². The second-order valence-electron chi connectivity index (χ2n) is 6.28. The number of methoxy groups -OCH3 is 1. The maximum atomic E-state index is 13.7. The Kier molecular flexibility index (Phi) is 8.84. The number of anilines is 1. The number of hydrogen-bond donors (Lipinski definition) is 1. The molecular formula is C19H26FIN6O. The summed E-state index contributed by atoms with van der Waals surface area (Å²) in [5.41, 5.74) is 1.55. The van der Waals surface area contributed by atoms with Gasteiger partial charge in [-0.2, -0.15) is 0 Å². The molecule has 2 aromatic rings. The lowest BCUT2D eigenvalue weighted by Crippen LogP contribution is -2.52. The Morgan fingerprint density at radius 1 is 1.21 bits per heavy atom. The number of hydrogen-bond acceptors (Lipinski definition) is 5. The average Bonchev–Trinajstić information content (AvgIpc) is 2.72. The van der Waals surface area contributed by atoms with Gasteiger partial charge in [-0.1, -0.05) is 6.07 Å². The number of halogens is 2. The fourth-order valence-electron chi connectivity index (χ4n) is 3.09. The summed E-state index contributed by atoms with van der Waals surface area (Å²) in [4.78, 5) is 17.4. The van der Waals surface area contributed by atoms with Crippen molar-refractivity contribution in [1.29, 1.82) is 0 Å². The number of aliphatic imine (C=N–C) groups is 1. The van der Waals surface area contributed by atoms with E-state index in [1.807, 2.05) is 12.1 Å². The molecule has 0 radical (unpaired) electrons. The van der Waals surface area contributed by atoms with E-state index in [0.29, 0.717) is 12.1 Å². The number of piperazine rings is 1. The van der Waals surface area contributed by atoms with Crippen LogP contribution in [0.25, 0.3) is 0 Å². The molecule has 1 N–H and O–H groups in total. The van der Waals surface area contributed by atoms with Crippen molar-refractivity contribution in [3.05, 3.63) is 53.6 Å². The number of guanidine groups is 1. The van der Waals surface area contributed by atoms with Gasteiger partial charge in [-0.25, -0.2) is 14.4 Å².